The molecule has 0 aliphatic heterocycles. The third-order valence-electron chi connectivity index (χ3n) is 3.12. The van der Waals surface area contributed by atoms with Gasteiger partial charge >= 0.3 is 6.09 Å². The molecule has 0 fully saturated rings. The quantitative estimate of drug-likeness (QED) is 0.889. The maximum atomic E-state index is 11.4. The molecule has 1 amide bonds. The van der Waals surface area contributed by atoms with E-state index in [9.17, 15) is 9.90 Å². The van der Waals surface area contributed by atoms with Crippen LogP contribution in [0, 0.1) is 0 Å². The number of rotatable bonds is 5. The molecular weight excluding hydrogens is 250 g/mol. The number of carboxylic acid groups (broad SMARTS) is 1. The van der Waals surface area contributed by atoms with Gasteiger partial charge in [-0.3, -0.25) is 4.90 Å². The summed E-state index contributed by atoms with van der Waals surface area (Å²) in [7, 11) is 0. The lowest BCUT2D eigenvalue weighted by Crippen LogP contribution is -2.28. The zero-order chi connectivity index (χ0) is 14.4. The van der Waals surface area contributed by atoms with Gasteiger partial charge in [-0.05, 0) is 16.7 Å². The van der Waals surface area contributed by atoms with E-state index in [0.717, 1.165) is 16.7 Å². The summed E-state index contributed by atoms with van der Waals surface area (Å²) in [6.45, 7) is 4.49. The summed E-state index contributed by atoms with van der Waals surface area (Å²) in [5, 5.41) is 9.36. The van der Waals surface area contributed by atoms with Crippen molar-refractivity contribution in [1.29, 1.82) is 0 Å². The fourth-order valence-corrected chi connectivity index (χ4v) is 2.08. The smallest absolute Gasteiger partial charge is 0.407 e. The Bertz CT molecular complexity index is 593. The second-order valence-electron chi connectivity index (χ2n) is 4.53. The standard InChI is InChI=1S/C17H17NO2/c1-2-15-10-6-7-11-16(15)13-18(17(19)20)12-14-8-4-3-5-9-14/h2-11H,1,12-13H2,(H,19,20). The minimum absolute atomic E-state index is 0.354. The van der Waals surface area contributed by atoms with Crippen molar-refractivity contribution >= 4 is 12.2 Å². The molecule has 0 aromatic heterocycles. The van der Waals surface area contributed by atoms with E-state index in [-0.39, 0.29) is 0 Å². The Labute approximate surface area is 118 Å². The first-order valence-electron chi connectivity index (χ1n) is 6.43. The van der Waals surface area contributed by atoms with Crippen molar-refractivity contribution in [2.75, 3.05) is 0 Å². The van der Waals surface area contributed by atoms with Gasteiger partial charge in [0, 0.05) is 13.1 Å². The van der Waals surface area contributed by atoms with Gasteiger partial charge in [0.05, 0.1) is 0 Å². The molecule has 102 valence electrons. The maximum absolute atomic E-state index is 11.4. The van der Waals surface area contributed by atoms with Crippen LogP contribution in [0.4, 0.5) is 4.79 Å². The average Bonchev–Trinajstić information content (AvgIpc) is 2.48. The van der Waals surface area contributed by atoms with Crippen LogP contribution in [0.25, 0.3) is 6.08 Å². The summed E-state index contributed by atoms with van der Waals surface area (Å²) in [4.78, 5) is 12.8. The third-order valence-corrected chi connectivity index (χ3v) is 3.12. The lowest BCUT2D eigenvalue weighted by molar-refractivity contribution is 0.139. The SMILES string of the molecule is C=Cc1ccccc1CN(Cc1ccccc1)C(=O)O. The average molecular weight is 267 g/mol. The van der Waals surface area contributed by atoms with Crippen molar-refractivity contribution in [3.05, 3.63) is 77.9 Å². The first kappa shape index (κ1) is 13.9. The van der Waals surface area contributed by atoms with E-state index in [1.165, 1.54) is 4.90 Å². The van der Waals surface area contributed by atoms with E-state index in [4.69, 9.17) is 0 Å². The van der Waals surface area contributed by atoms with Crippen LogP contribution in [0.5, 0.6) is 0 Å². The highest BCUT2D eigenvalue weighted by atomic mass is 16.4. The zero-order valence-electron chi connectivity index (χ0n) is 11.2. The van der Waals surface area contributed by atoms with Crippen LogP contribution in [-0.4, -0.2) is 16.1 Å². The van der Waals surface area contributed by atoms with E-state index < -0.39 is 6.09 Å². The molecule has 20 heavy (non-hydrogen) atoms. The van der Waals surface area contributed by atoms with Crippen molar-refractivity contribution in [1.82, 2.24) is 4.90 Å². The number of hydrogen-bond donors (Lipinski definition) is 1. The van der Waals surface area contributed by atoms with Crippen molar-refractivity contribution in [3.63, 3.8) is 0 Å². The van der Waals surface area contributed by atoms with Gasteiger partial charge < -0.3 is 5.11 Å². The molecule has 0 bridgehead atoms. The number of hydrogen-bond acceptors (Lipinski definition) is 1. The number of carbonyl (C=O) groups is 1. The van der Waals surface area contributed by atoms with Crippen LogP contribution < -0.4 is 0 Å². The molecule has 1 N–H and O–H groups in total. The van der Waals surface area contributed by atoms with Crippen LogP contribution in [0.3, 0.4) is 0 Å². The van der Waals surface area contributed by atoms with Crippen LogP contribution in [0.2, 0.25) is 0 Å². The molecule has 0 radical (unpaired) electrons. The molecule has 2 aromatic carbocycles. The molecule has 0 aliphatic rings. The normalized spacial score (nSPS) is 10.0. The summed E-state index contributed by atoms with van der Waals surface area (Å²) < 4.78 is 0. The predicted octanol–water partition coefficient (Wildman–Crippen LogP) is 4.01. The van der Waals surface area contributed by atoms with Gasteiger partial charge in [0.1, 0.15) is 0 Å². The van der Waals surface area contributed by atoms with Crippen molar-refractivity contribution in [2.45, 2.75) is 13.1 Å². The molecule has 0 spiro atoms. The largest absolute Gasteiger partial charge is 0.465 e. The summed E-state index contributed by atoms with van der Waals surface area (Å²) in [6, 6.07) is 17.3. The molecule has 0 unspecified atom stereocenters. The first-order chi connectivity index (χ1) is 9.70. The highest BCUT2D eigenvalue weighted by Gasteiger charge is 2.14. The molecule has 3 nitrogen and oxygen atoms in total. The van der Waals surface area contributed by atoms with Crippen molar-refractivity contribution in [2.24, 2.45) is 0 Å². The summed E-state index contributed by atoms with van der Waals surface area (Å²) >= 11 is 0. The highest BCUT2D eigenvalue weighted by Crippen LogP contribution is 2.15. The predicted molar refractivity (Wildman–Crippen MR) is 80.2 cm³/mol. The summed E-state index contributed by atoms with van der Waals surface area (Å²) in [5.74, 6) is 0. The van der Waals surface area contributed by atoms with Gasteiger partial charge in [0.2, 0.25) is 0 Å². The van der Waals surface area contributed by atoms with E-state index in [2.05, 4.69) is 6.58 Å². The van der Waals surface area contributed by atoms with Gasteiger partial charge in [-0.1, -0.05) is 67.3 Å². The zero-order valence-corrected chi connectivity index (χ0v) is 11.2. The third kappa shape index (κ3) is 3.48. The Morgan fingerprint density at radius 3 is 2.35 bits per heavy atom. The van der Waals surface area contributed by atoms with Crippen LogP contribution in [0.1, 0.15) is 16.7 Å². The van der Waals surface area contributed by atoms with Crippen LogP contribution in [-0.2, 0) is 13.1 Å². The Kier molecular flexibility index (Phi) is 4.56. The Balaban J connectivity index is 2.18. The number of benzene rings is 2. The van der Waals surface area contributed by atoms with E-state index in [1.54, 1.807) is 6.08 Å². The van der Waals surface area contributed by atoms with Crippen LogP contribution >= 0.6 is 0 Å². The second-order valence-corrected chi connectivity index (χ2v) is 4.53. The van der Waals surface area contributed by atoms with Crippen molar-refractivity contribution < 1.29 is 9.90 Å². The molecule has 3 heteroatoms. The molecule has 0 aliphatic carbocycles. The van der Waals surface area contributed by atoms with Gasteiger partial charge in [-0.25, -0.2) is 4.79 Å². The molecule has 2 rings (SSSR count). The molecule has 0 saturated heterocycles. The minimum Gasteiger partial charge on any atom is -0.465 e. The molecule has 0 heterocycles. The number of nitrogens with zero attached hydrogens (tertiary/aromatic N) is 1. The summed E-state index contributed by atoms with van der Waals surface area (Å²) in [6.07, 6.45) is 0.824. The van der Waals surface area contributed by atoms with E-state index in [1.807, 2.05) is 54.6 Å². The molecule has 0 atom stereocenters. The van der Waals surface area contributed by atoms with Gasteiger partial charge in [0.25, 0.3) is 0 Å². The lowest BCUT2D eigenvalue weighted by Gasteiger charge is -2.20. The molecule has 0 saturated carbocycles. The molecule has 2 aromatic rings. The van der Waals surface area contributed by atoms with Crippen LogP contribution in [0.15, 0.2) is 61.2 Å². The maximum Gasteiger partial charge on any atom is 0.407 e. The van der Waals surface area contributed by atoms with Gasteiger partial charge in [-0.2, -0.15) is 0 Å². The Morgan fingerprint density at radius 2 is 1.70 bits per heavy atom. The summed E-state index contributed by atoms with van der Waals surface area (Å²) in [5.41, 5.74) is 2.90. The molecular formula is C17H17NO2. The van der Waals surface area contributed by atoms with Crippen molar-refractivity contribution in [3.8, 4) is 0 Å². The Hall–Kier alpha value is -2.55. The first-order valence-corrected chi connectivity index (χ1v) is 6.43. The second kappa shape index (κ2) is 6.57. The van der Waals surface area contributed by atoms with E-state index in [0.29, 0.717) is 13.1 Å². The van der Waals surface area contributed by atoms with Gasteiger partial charge in [0.15, 0.2) is 0 Å². The fraction of sp³-hybridized carbons (Fsp3) is 0.118. The number of amides is 1. The fourth-order valence-electron chi connectivity index (χ4n) is 2.08. The monoisotopic (exact) mass is 267 g/mol. The Morgan fingerprint density at radius 1 is 1.05 bits per heavy atom. The van der Waals surface area contributed by atoms with E-state index >= 15 is 0 Å². The lowest BCUT2D eigenvalue weighted by atomic mass is 10.1. The highest BCUT2D eigenvalue weighted by molar-refractivity contribution is 5.65. The topological polar surface area (TPSA) is 40.5 Å². The van der Waals surface area contributed by atoms with Gasteiger partial charge in [-0.15, -0.1) is 0 Å². The minimum atomic E-state index is -0.923.